The molecule has 20 heavy (non-hydrogen) atoms. The van der Waals surface area contributed by atoms with Gasteiger partial charge in [-0.25, -0.2) is 0 Å². The SMILES string of the molecule is Cc1cc(C(Cl)Cc2ccc(C(F)(F)F)cc2)sc1C. The van der Waals surface area contributed by atoms with Crippen molar-refractivity contribution in [2.24, 2.45) is 0 Å². The number of alkyl halides is 4. The lowest BCUT2D eigenvalue weighted by molar-refractivity contribution is -0.137. The number of halogens is 4. The second kappa shape index (κ2) is 5.78. The van der Waals surface area contributed by atoms with Crippen LogP contribution in [0.5, 0.6) is 0 Å². The maximum absolute atomic E-state index is 12.5. The maximum atomic E-state index is 12.5. The second-order valence-corrected chi connectivity index (χ2v) is 6.57. The molecular weight excluding hydrogens is 305 g/mol. The Morgan fingerprint density at radius 2 is 1.75 bits per heavy atom. The van der Waals surface area contributed by atoms with Crippen LogP contribution in [0.1, 0.15) is 31.8 Å². The maximum Gasteiger partial charge on any atom is 0.416 e. The van der Waals surface area contributed by atoms with E-state index in [1.807, 2.05) is 19.9 Å². The number of aryl methyl sites for hydroxylation is 2. The van der Waals surface area contributed by atoms with Crippen molar-refractivity contribution >= 4 is 22.9 Å². The Balaban J connectivity index is 2.10. The minimum Gasteiger partial charge on any atom is -0.166 e. The largest absolute Gasteiger partial charge is 0.416 e. The van der Waals surface area contributed by atoms with Gasteiger partial charge < -0.3 is 0 Å². The van der Waals surface area contributed by atoms with Gasteiger partial charge in [-0.15, -0.1) is 22.9 Å². The summed E-state index contributed by atoms with van der Waals surface area (Å²) in [5.41, 5.74) is 1.37. The summed E-state index contributed by atoms with van der Waals surface area (Å²) in [5, 5.41) is -0.205. The zero-order valence-electron chi connectivity index (χ0n) is 11.1. The van der Waals surface area contributed by atoms with Crippen LogP contribution in [-0.2, 0) is 12.6 Å². The van der Waals surface area contributed by atoms with Gasteiger partial charge in [-0.05, 0) is 49.6 Å². The molecule has 0 amide bonds. The fraction of sp³-hybridized carbons (Fsp3) is 0.333. The average Bonchev–Trinajstić information content (AvgIpc) is 2.69. The Morgan fingerprint density at radius 3 is 2.20 bits per heavy atom. The summed E-state index contributed by atoms with van der Waals surface area (Å²) < 4.78 is 37.4. The van der Waals surface area contributed by atoms with Gasteiger partial charge in [0.1, 0.15) is 0 Å². The molecule has 0 radical (unpaired) electrons. The lowest BCUT2D eigenvalue weighted by atomic mass is 10.1. The first-order chi connectivity index (χ1) is 9.27. The van der Waals surface area contributed by atoms with Crippen LogP contribution < -0.4 is 0 Å². The van der Waals surface area contributed by atoms with Crippen LogP contribution in [-0.4, -0.2) is 0 Å². The fourth-order valence-corrected chi connectivity index (χ4v) is 3.29. The van der Waals surface area contributed by atoms with Crippen molar-refractivity contribution in [3.8, 4) is 0 Å². The molecular formula is C15H14ClF3S. The molecule has 0 aliphatic carbocycles. The van der Waals surface area contributed by atoms with Crippen LogP contribution in [0.4, 0.5) is 13.2 Å². The summed E-state index contributed by atoms with van der Waals surface area (Å²) in [6.45, 7) is 4.06. The van der Waals surface area contributed by atoms with E-state index >= 15 is 0 Å². The lowest BCUT2D eigenvalue weighted by Gasteiger charge is -2.10. The van der Waals surface area contributed by atoms with Crippen molar-refractivity contribution < 1.29 is 13.2 Å². The number of hydrogen-bond donors (Lipinski definition) is 0. The number of hydrogen-bond acceptors (Lipinski definition) is 1. The number of benzene rings is 1. The number of thiophene rings is 1. The van der Waals surface area contributed by atoms with E-state index in [1.165, 1.54) is 22.6 Å². The van der Waals surface area contributed by atoms with Gasteiger partial charge in [0.05, 0.1) is 10.9 Å². The first kappa shape index (κ1) is 15.4. The van der Waals surface area contributed by atoms with E-state index in [-0.39, 0.29) is 5.38 Å². The molecule has 2 rings (SSSR count). The van der Waals surface area contributed by atoms with E-state index in [9.17, 15) is 13.2 Å². The molecule has 1 unspecified atom stereocenters. The van der Waals surface area contributed by atoms with Crippen LogP contribution in [0.2, 0.25) is 0 Å². The molecule has 0 bridgehead atoms. The van der Waals surface area contributed by atoms with Crippen LogP contribution in [0, 0.1) is 13.8 Å². The summed E-state index contributed by atoms with van der Waals surface area (Å²) in [4.78, 5) is 2.28. The molecule has 1 atom stereocenters. The first-order valence-corrected chi connectivity index (χ1v) is 7.40. The molecule has 2 aromatic rings. The van der Waals surface area contributed by atoms with Crippen LogP contribution in [0.25, 0.3) is 0 Å². The third-order valence-corrected chi connectivity index (χ3v) is 4.97. The van der Waals surface area contributed by atoms with E-state index in [1.54, 1.807) is 11.3 Å². The van der Waals surface area contributed by atoms with Gasteiger partial charge >= 0.3 is 6.18 Å². The van der Waals surface area contributed by atoms with E-state index in [0.717, 1.165) is 22.6 Å². The van der Waals surface area contributed by atoms with E-state index < -0.39 is 11.7 Å². The Hall–Kier alpha value is -1.00. The molecule has 0 aliphatic heterocycles. The third-order valence-electron chi connectivity index (χ3n) is 3.19. The Kier molecular flexibility index (Phi) is 4.45. The van der Waals surface area contributed by atoms with Crippen molar-refractivity contribution in [3.05, 3.63) is 56.8 Å². The topological polar surface area (TPSA) is 0 Å². The summed E-state index contributed by atoms with van der Waals surface area (Å²) in [6, 6.07) is 7.23. The minimum absolute atomic E-state index is 0.205. The zero-order valence-corrected chi connectivity index (χ0v) is 12.7. The average molecular weight is 319 g/mol. The molecule has 0 spiro atoms. The van der Waals surface area contributed by atoms with Crippen LogP contribution in [0.3, 0.4) is 0 Å². The molecule has 0 saturated carbocycles. The molecule has 0 nitrogen and oxygen atoms in total. The van der Waals surface area contributed by atoms with E-state index in [4.69, 9.17) is 11.6 Å². The Bertz CT molecular complexity index is 565. The van der Waals surface area contributed by atoms with Crippen LogP contribution in [0.15, 0.2) is 30.3 Å². The third kappa shape index (κ3) is 3.55. The normalized spacial score (nSPS) is 13.5. The van der Waals surface area contributed by atoms with Crippen molar-refractivity contribution in [2.75, 3.05) is 0 Å². The molecule has 108 valence electrons. The molecule has 0 aliphatic rings. The summed E-state index contributed by atoms with van der Waals surface area (Å²) in [5.74, 6) is 0. The first-order valence-electron chi connectivity index (χ1n) is 6.14. The van der Waals surface area contributed by atoms with Gasteiger partial charge in [-0.3, -0.25) is 0 Å². The van der Waals surface area contributed by atoms with Gasteiger partial charge in [-0.2, -0.15) is 13.2 Å². The highest BCUT2D eigenvalue weighted by Crippen LogP contribution is 2.34. The Morgan fingerprint density at radius 1 is 1.15 bits per heavy atom. The van der Waals surface area contributed by atoms with Gasteiger partial charge in [-0.1, -0.05) is 12.1 Å². The highest BCUT2D eigenvalue weighted by molar-refractivity contribution is 7.12. The van der Waals surface area contributed by atoms with Gasteiger partial charge in [0.2, 0.25) is 0 Å². The standard InChI is InChI=1S/C15H14ClF3S/c1-9-7-14(20-10(9)2)13(16)8-11-3-5-12(6-4-11)15(17,18)19/h3-7,13H,8H2,1-2H3. The molecule has 0 saturated heterocycles. The summed E-state index contributed by atoms with van der Waals surface area (Å²) in [7, 11) is 0. The minimum atomic E-state index is -4.29. The molecule has 1 aromatic carbocycles. The predicted molar refractivity (Wildman–Crippen MR) is 77.5 cm³/mol. The highest BCUT2D eigenvalue weighted by atomic mass is 35.5. The molecule has 0 fully saturated rings. The monoisotopic (exact) mass is 318 g/mol. The van der Waals surface area contributed by atoms with Crippen molar-refractivity contribution in [1.82, 2.24) is 0 Å². The molecule has 1 heterocycles. The van der Waals surface area contributed by atoms with E-state index in [2.05, 4.69) is 0 Å². The predicted octanol–water partition coefficient (Wildman–Crippen LogP) is 5.91. The van der Waals surface area contributed by atoms with Crippen molar-refractivity contribution in [2.45, 2.75) is 31.8 Å². The quantitative estimate of drug-likeness (QED) is 0.617. The smallest absolute Gasteiger partial charge is 0.166 e. The molecule has 0 N–H and O–H groups in total. The molecule has 1 aromatic heterocycles. The van der Waals surface area contributed by atoms with Crippen molar-refractivity contribution in [3.63, 3.8) is 0 Å². The number of rotatable bonds is 3. The van der Waals surface area contributed by atoms with Crippen LogP contribution >= 0.6 is 22.9 Å². The van der Waals surface area contributed by atoms with Crippen molar-refractivity contribution in [1.29, 1.82) is 0 Å². The zero-order chi connectivity index (χ0) is 14.9. The van der Waals surface area contributed by atoms with Gasteiger partial charge in [0, 0.05) is 9.75 Å². The van der Waals surface area contributed by atoms with E-state index in [0.29, 0.717) is 6.42 Å². The molecule has 5 heteroatoms. The fourth-order valence-electron chi connectivity index (χ4n) is 1.89. The highest BCUT2D eigenvalue weighted by Gasteiger charge is 2.30. The Labute approximate surface area is 125 Å². The summed E-state index contributed by atoms with van der Waals surface area (Å²) >= 11 is 7.98. The second-order valence-electron chi connectivity index (χ2n) is 4.75. The lowest BCUT2D eigenvalue weighted by Crippen LogP contribution is -2.04. The van der Waals surface area contributed by atoms with Gasteiger partial charge in [0.15, 0.2) is 0 Å². The summed E-state index contributed by atoms with van der Waals surface area (Å²) in [6.07, 6.45) is -3.76. The van der Waals surface area contributed by atoms with Gasteiger partial charge in [0.25, 0.3) is 0 Å².